The van der Waals surface area contributed by atoms with Crippen molar-refractivity contribution in [2.24, 2.45) is 11.7 Å². The quantitative estimate of drug-likeness (QED) is 0.834. The maximum atomic E-state index is 5.69. The van der Waals surface area contributed by atoms with Gasteiger partial charge in [0.25, 0.3) is 0 Å². The van der Waals surface area contributed by atoms with Crippen LogP contribution in [0.4, 0.5) is 5.95 Å². The molecule has 2 aromatic heterocycles. The van der Waals surface area contributed by atoms with Crippen molar-refractivity contribution >= 4 is 11.6 Å². The van der Waals surface area contributed by atoms with E-state index >= 15 is 0 Å². The second kappa shape index (κ2) is 4.33. The highest BCUT2D eigenvalue weighted by Crippen LogP contribution is 2.20. The molecule has 0 amide bonds. The summed E-state index contributed by atoms with van der Waals surface area (Å²) in [6.07, 6.45) is 4.22. The van der Waals surface area contributed by atoms with Gasteiger partial charge in [-0.25, -0.2) is 4.52 Å². The molecule has 5 nitrogen and oxygen atoms in total. The van der Waals surface area contributed by atoms with E-state index in [0.29, 0.717) is 5.92 Å². The minimum Gasteiger partial charge on any atom is -0.339 e. The molecule has 90 valence electrons. The van der Waals surface area contributed by atoms with Crippen LogP contribution in [0, 0.1) is 5.92 Å². The molecule has 1 aliphatic rings. The van der Waals surface area contributed by atoms with Crippen molar-refractivity contribution in [1.82, 2.24) is 14.6 Å². The second-order valence-electron chi connectivity index (χ2n) is 4.58. The summed E-state index contributed by atoms with van der Waals surface area (Å²) in [7, 11) is 0. The summed E-state index contributed by atoms with van der Waals surface area (Å²) in [5.41, 5.74) is 6.60. The summed E-state index contributed by atoms with van der Waals surface area (Å²) >= 11 is 0. The molecule has 1 fully saturated rings. The zero-order valence-electron chi connectivity index (χ0n) is 9.79. The Labute approximate surface area is 100 Å². The fourth-order valence-electron chi connectivity index (χ4n) is 2.32. The van der Waals surface area contributed by atoms with Gasteiger partial charge in [0.15, 0.2) is 5.65 Å². The summed E-state index contributed by atoms with van der Waals surface area (Å²) in [5, 5.41) is 4.49. The van der Waals surface area contributed by atoms with Crippen LogP contribution >= 0.6 is 0 Å². The summed E-state index contributed by atoms with van der Waals surface area (Å²) in [6, 6.07) is 5.92. The molecule has 0 aliphatic carbocycles. The van der Waals surface area contributed by atoms with Gasteiger partial charge in [-0.3, -0.25) is 0 Å². The molecular formula is C12H17N5. The fraction of sp³-hybridized carbons (Fsp3) is 0.500. The van der Waals surface area contributed by atoms with E-state index in [0.717, 1.165) is 44.1 Å². The lowest BCUT2D eigenvalue weighted by Gasteiger charge is -2.30. The Hall–Kier alpha value is -1.62. The monoisotopic (exact) mass is 231 g/mol. The average molecular weight is 231 g/mol. The molecule has 0 radical (unpaired) electrons. The van der Waals surface area contributed by atoms with Gasteiger partial charge in [-0.2, -0.15) is 4.98 Å². The van der Waals surface area contributed by atoms with Gasteiger partial charge >= 0.3 is 0 Å². The van der Waals surface area contributed by atoms with E-state index in [9.17, 15) is 0 Å². The third-order valence-corrected chi connectivity index (χ3v) is 3.46. The van der Waals surface area contributed by atoms with Crippen molar-refractivity contribution in [3.8, 4) is 0 Å². The molecule has 0 unspecified atom stereocenters. The number of aromatic nitrogens is 3. The van der Waals surface area contributed by atoms with Gasteiger partial charge in [0.2, 0.25) is 5.95 Å². The van der Waals surface area contributed by atoms with Crippen LogP contribution in [0.15, 0.2) is 24.4 Å². The van der Waals surface area contributed by atoms with Gasteiger partial charge in [0, 0.05) is 19.3 Å². The standard InChI is InChI=1S/C12H17N5/c13-9-10-4-7-16(8-5-10)12-14-11-3-1-2-6-17(11)15-12/h1-3,6,10H,4-5,7-9,13H2. The van der Waals surface area contributed by atoms with Crippen molar-refractivity contribution in [3.63, 3.8) is 0 Å². The van der Waals surface area contributed by atoms with Crippen molar-refractivity contribution in [2.45, 2.75) is 12.8 Å². The van der Waals surface area contributed by atoms with Gasteiger partial charge in [-0.05, 0) is 37.4 Å². The Balaban J connectivity index is 1.80. The highest BCUT2D eigenvalue weighted by Gasteiger charge is 2.20. The van der Waals surface area contributed by atoms with Crippen LogP contribution in [0.25, 0.3) is 5.65 Å². The Morgan fingerprint density at radius 2 is 2.12 bits per heavy atom. The molecule has 17 heavy (non-hydrogen) atoms. The van der Waals surface area contributed by atoms with Gasteiger partial charge < -0.3 is 10.6 Å². The van der Waals surface area contributed by atoms with Crippen LogP contribution < -0.4 is 10.6 Å². The van der Waals surface area contributed by atoms with Crippen LogP contribution in [-0.4, -0.2) is 34.2 Å². The van der Waals surface area contributed by atoms with Crippen molar-refractivity contribution in [3.05, 3.63) is 24.4 Å². The maximum Gasteiger partial charge on any atom is 0.245 e. The summed E-state index contributed by atoms with van der Waals surface area (Å²) < 4.78 is 1.82. The van der Waals surface area contributed by atoms with Crippen LogP contribution in [0.1, 0.15) is 12.8 Å². The lowest BCUT2D eigenvalue weighted by molar-refractivity contribution is 0.411. The molecule has 3 heterocycles. The summed E-state index contributed by atoms with van der Waals surface area (Å²) in [6.45, 7) is 2.82. The molecular weight excluding hydrogens is 214 g/mol. The number of anilines is 1. The topological polar surface area (TPSA) is 59.5 Å². The van der Waals surface area contributed by atoms with Crippen molar-refractivity contribution in [2.75, 3.05) is 24.5 Å². The van der Waals surface area contributed by atoms with E-state index in [1.807, 2.05) is 28.9 Å². The summed E-state index contributed by atoms with van der Waals surface area (Å²) in [4.78, 5) is 6.78. The Morgan fingerprint density at radius 1 is 1.29 bits per heavy atom. The predicted molar refractivity (Wildman–Crippen MR) is 67.0 cm³/mol. The van der Waals surface area contributed by atoms with E-state index in [-0.39, 0.29) is 0 Å². The minimum atomic E-state index is 0.670. The zero-order valence-corrected chi connectivity index (χ0v) is 9.79. The Morgan fingerprint density at radius 3 is 2.82 bits per heavy atom. The second-order valence-corrected chi connectivity index (χ2v) is 4.58. The van der Waals surface area contributed by atoms with Gasteiger partial charge in [-0.15, -0.1) is 5.10 Å². The van der Waals surface area contributed by atoms with Crippen LogP contribution in [-0.2, 0) is 0 Å². The number of rotatable bonds is 2. The number of hydrogen-bond donors (Lipinski definition) is 1. The van der Waals surface area contributed by atoms with Crippen LogP contribution in [0.5, 0.6) is 0 Å². The minimum absolute atomic E-state index is 0.670. The molecule has 0 aromatic carbocycles. The van der Waals surface area contributed by atoms with Crippen molar-refractivity contribution in [1.29, 1.82) is 0 Å². The average Bonchev–Trinajstić information content (AvgIpc) is 2.82. The van der Waals surface area contributed by atoms with Crippen molar-refractivity contribution < 1.29 is 0 Å². The molecule has 0 bridgehead atoms. The third kappa shape index (κ3) is 1.98. The van der Waals surface area contributed by atoms with Gasteiger partial charge in [0.05, 0.1) is 0 Å². The number of hydrogen-bond acceptors (Lipinski definition) is 4. The molecule has 1 aliphatic heterocycles. The van der Waals surface area contributed by atoms with E-state index in [2.05, 4.69) is 15.0 Å². The fourth-order valence-corrected chi connectivity index (χ4v) is 2.32. The van der Waals surface area contributed by atoms with Crippen LogP contribution in [0.2, 0.25) is 0 Å². The van der Waals surface area contributed by atoms with E-state index < -0.39 is 0 Å². The maximum absolute atomic E-state index is 5.69. The predicted octanol–water partition coefficient (Wildman–Crippen LogP) is 0.904. The van der Waals surface area contributed by atoms with Gasteiger partial charge in [-0.1, -0.05) is 6.07 Å². The zero-order chi connectivity index (χ0) is 11.7. The molecule has 1 saturated heterocycles. The van der Waals surface area contributed by atoms with Gasteiger partial charge in [0.1, 0.15) is 0 Å². The largest absolute Gasteiger partial charge is 0.339 e. The lowest BCUT2D eigenvalue weighted by atomic mass is 9.97. The number of pyridine rings is 1. The van der Waals surface area contributed by atoms with Crippen LogP contribution in [0.3, 0.4) is 0 Å². The first-order valence-corrected chi connectivity index (χ1v) is 6.13. The molecule has 0 saturated carbocycles. The number of nitrogens with two attached hydrogens (primary N) is 1. The first-order chi connectivity index (χ1) is 8.36. The Kier molecular flexibility index (Phi) is 2.68. The molecule has 3 rings (SSSR count). The smallest absolute Gasteiger partial charge is 0.245 e. The van der Waals surface area contributed by atoms with E-state index in [1.165, 1.54) is 0 Å². The number of fused-ring (bicyclic) bond motifs is 1. The highest BCUT2D eigenvalue weighted by atomic mass is 15.4. The lowest BCUT2D eigenvalue weighted by Crippen LogP contribution is -2.36. The molecule has 2 N–H and O–H groups in total. The van der Waals surface area contributed by atoms with E-state index in [4.69, 9.17) is 5.73 Å². The molecule has 5 heteroatoms. The molecule has 2 aromatic rings. The van der Waals surface area contributed by atoms with E-state index in [1.54, 1.807) is 0 Å². The molecule has 0 spiro atoms. The normalized spacial score (nSPS) is 17.8. The first-order valence-electron chi connectivity index (χ1n) is 6.13. The number of nitrogens with zero attached hydrogens (tertiary/aromatic N) is 4. The summed E-state index contributed by atoms with van der Waals surface area (Å²) in [5.74, 6) is 1.51. The SMILES string of the molecule is NCC1CCN(c2nc3ccccn3n2)CC1. The molecule has 0 atom stereocenters. The third-order valence-electron chi connectivity index (χ3n) is 3.46. The number of piperidine rings is 1. The highest BCUT2D eigenvalue weighted by molar-refractivity contribution is 5.44. The Bertz CT molecular complexity index is 465. The first kappa shape index (κ1) is 10.5.